The summed E-state index contributed by atoms with van der Waals surface area (Å²) in [7, 11) is 1.32. The molecule has 2 rings (SSSR count). The molecule has 0 amide bonds. The van der Waals surface area contributed by atoms with Gasteiger partial charge >= 0.3 is 5.97 Å². The van der Waals surface area contributed by atoms with E-state index in [1.54, 1.807) is 13.0 Å². The molecule has 0 fully saturated rings. The molecule has 0 aliphatic rings. The van der Waals surface area contributed by atoms with Gasteiger partial charge in [-0.15, -0.1) is 0 Å². The Hall–Kier alpha value is -2.21. The van der Waals surface area contributed by atoms with Crippen LogP contribution in [0.3, 0.4) is 0 Å². The molecule has 1 aromatic heterocycles. The number of ether oxygens (including phenoxy) is 1. The quantitative estimate of drug-likeness (QED) is 0.801. The number of methoxy groups -OCH3 is 1. The highest BCUT2D eigenvalue weighted by Gasteiger charge is 2.18. The van der Waals surface area contributed by atoms with Crippen LogP contribution in [0.5, 0.6) is 0 Å². The number of nitrogens with zero attached hydrogens (tertiary/aromatic N) is 1. The van der Waals surface area contributed by atoms with Gasteiger partial charge in [0.2, 0.25) is 0 Å². The first-order chi connectivity index (χ1) is 11.0. The molecule has 0 aliphatic carbocycles. The lowest BCUT2D eigenvalue weighted by Gasteiger charge is -2.21. The van der Waals surface area contributed by atoms with Crippen LogP contribution in [0, 0.1) is 12.7 Å². The number of rotatable bonds is 6. The summed E-state index contributed by atoms with van der Waals surface area (Å²) < 4.78 is 18.4. The number of aromatic nitrogens is 1. The van der Waals surface area contributed by atoms with Gasteiger partial charge in [-0.05, 0) is 31.5 Å². The second-order valence-corrected chi connectivity index (χ2v) is 5.40. The van der Waals surface area contributed by atoms with E-state index in [1.807, 2.05) is 6.92 Å². The molecule has 0 saturated carbocycles. The Balaban J connectivity index is 2.65. The van der Waals surface area contributed by atoms with Crippen LogP contribution in [0.2, 0.25) is 0 Å². The van der Waals surface area contributed by atoms with Crippen molar-refractivity contribution in [1.29, 1.82) is 0 Å². The Morgan fingerprint density at radius 1 is 1.48 bits per heavy atom. The molecular formula is C17H21FN2O3. The molecule has 0 radical (unpaired) electrons. The van der Waals surface area contributed by atoms with E-state index in [0.717, 1.165) is 0 Å². The molecular weight excluding hydrogens is 299 g/mol. The van der Waals surface area contributed by atoms with Crippen molar-refractivity contribution in [2.75, 3.05) is 19.0 Å². The van der Waals surface area contributed by atoms with E-state index < -0.39 is 5.97 Å². The van der Waals surface area contributed by atoms with Crippen LogP contribution in [0.1, 0.15) is 24.6 Å². The highest BCUT2D eigenvalue weighted by atomic mass is 19.1. The number of aryl methyl sites for hydroxylation is 1. The molecule has 1 heterocycles. The third-order valence-electron chi connectivity index (χ3n) is 3.87. The topological polar surface area (TPSA) is 71.5 Å². The smallest absolute Gasteiger partial charge is 0.310 e. The summed E-state index contributed by atoms with van der Waals surface area (Å²) >= 11 is 0. The van der Waals surface area contributed by atoms with Crippen LogP contribution in [-0.4, -0.2) is 35.8 Å². The van der Waals surface area contributed by atoms with Crippen molar-refractivity contribution in [3.63, 3.8) is 0 Å². The molecule has 0 bridgehead atoms. The van der Waals surface area contributed by atoms with Crippen molar-refractivity contribution in [3.8, 4) is 0 Å². The van der Waals surface area contributed by atoms with Gasteiger partial charge in [0.05, 0.1) is 25.7 Å². The molecule has 1 aromatic carbocycles. The Kier molecular flexibility index (Phi) is 5.50. The second-order valence-electron chi connectivity index (χ2n) is 5.40. The number of aliphatic hydroxyl groups is 1. The lowest BCUT2D eigenvalue weighted by Crippen LogP contribution is -2.24. The highest BCUT2D eigenvalue weighted by molar-refractivity contribution is 5.95. The van der Waals surface area contributed by atoms with Crippen molar-refractivity contribution in [3.05, 3.63) is 35.3 Å². The number of nitrogens with one attached hydrogen (secondary N) is 1. The standard InChI is InChI=1S/C17H21FN2O3/c1-4-12(9-21)20-17-13(8-16(22)23-3)10(2)19-15-6-5-11(18)7-14(15)17/h5-7,12,21H,4,8-9H2,1-3H3,(H,19,20). The molecule has 1 unspecified atom stereocenters. The molecule has 0 spiro atoms. The first kappa shape index (κ1) is 17.1. The summed E-state index contributed by atoms with van der Waals surface area (Å²) in [6, 6.07) is 4.14. The number of carbonyl (C=O) groups is 1. The zero-order valence-electron chi connectivity index (χ0n) is 13.5. The number of fused-ring (bicyclic) bond motifs is 1. The minimum Gasteiger partial charge on any atom is -0.469 e. The maximum Gasteiger partial charge on any atom is 0.310 e. The van der Waals surface area contributed by atoms with Gasteiger partial charge in [0.25, 0.3) is 0 Å². The fourth-order valence-electron chi connectivity index (χ4n) is 2.48. The summed E-state index contributed by atoms with van der Waals surface area (Å²) in [5.41, 5.74) is 2.58. The first-order valence-electron chi connectivity index (χ1n) is 7.53. The predicted molar refractivity (Wildman–Crippen MR) is 86.9 cm³/mol. The van der Waals surface area contributed by atoms with Crippen molar-refractivity contribution < 1.29 is 19.0 Å². The van der Waals surface area contributed by atoms with Crippen LogP contribution in [0.4, 0.5) is 10.1 Å². The van der Waals surface area contributed by atoms with E-state index in [4.69, 9.17) is 4.74 Å². The van der Waals surface area contributed by atoms with Gasteiger partial charge in [0, 0.05) is 28.4 Å². The fraction of sp³-hybridized carbons (Fsp3) is 0.412. The molecule has 2 aromatic rings. The van der Waals surface area contributed by atoms with E-state index in [9.17, 15) is 14.3 Å². The number of pyridine rings is 1. The first-order valence-corrected chi connectivity index (χ1v) is 7.53. The maximum atomic E-state index is 13.7. The average molecular weight is 320 g/mol. The van der Waals surface area contributed by atoms with Crippen molar-refractivity contribution in [2.24, 2.45) is 0 Å². The van der Waals surface area contributed by atoms with Gasteiger partial charge in [-0.2, -0.15) is 0 Å². The highest BCUT2D eigenvalue weighted by Crippen LogP contribution is 2.30. The van der Waals surface area contributed by atoms with Gasteiger partial charge in [0.1, 0.15) is 5.82 Å². The lowest BCUT2D eigenvalue weighted by atomic mass is 10.0. The van der Waals surface area contributed by atoms with Gasteiger partial charge in [-0.25, -0.2) is 4.39 Å². The van der Waals surface area contributed by atoms with Gasteiger partial charge in [-0.3, -0.25) is 9.78 Å². The van der Waals surface area contributed by atoms with Crippen LogP contribution in [0.25, 0.3) is 10.9 Å². The fourth-order valence-corrected chi connectivity index (χ4v) is 2.48. The zero-order chi connectivity index (χ0) is 17.0. The van der Waals surface area contributed by atoms with Crippen molar-refractivity contribution in [1.82, 2.24) is 4.98 Å². The number of hydrogen-bond acceptors (Lipinski definition) is 5. The summed E-state index contributed by atoms with van der Waals surface area (Å²) in [5, 5.41) is 13.3. The second kappa shape index (κ2) is 7.37. The lowest BCUT2D eigenvalue weighted by molar-refractivity contribution is -0.139. The summed E-state index contributed by atoms with van der Waals surface area (Å²) in [5.74, 6) is -0.780. The number of carbonyl (C=O) groups excluding carboxylic acids is 1. The molecule has 5 nitrogen and oxygen atoms in total. The van der Waals surface area contributed by atoms with Gasteiger partial charge in [0.15, 0.2) is 0 Å². The van der Waals surface area contributed by atoms with Crippen LogP contribution in [0.15, 0.2) is 18.2 Å². The molecule has 0 saturated heterocycles. The molecule has 6 heteroatoms. The molecule has 0 aliphatic heterocycles. The van der Waals surface area contributed by atoms with Crippen LogP contribution < -0.4 is 5.32 Å². The summed E-state index contributed by atoms with van der Waals surface area (Å²) in [6.07, 6.45) is 0.721. The molecule has 1 atom stereocenters. The maximum absolute atomic E-state index is 13.7. The normalized spacial score (nSPS) is 12.2. The Morgan fingerprint density at radius 2 is 2.22 bits per heavy atom. The molecule has 23 heavy (non-hydrogen) atoms. The Labute approximate surface area is 134 Å². The third-order valence-corrected chi connectivity index (χ3v) is 3.87. The molecule has 2 N–H and O–H groups in total. The van der Waals surface area contributed by atoms with Crippen LogP contribution in [-0.2, 0) is 16.0 Å². The average Bonchev–Trinajstić information content (AvgIpc) is 2.55. The largest absolute Gasteiger partial charge is 0.469 e. The number of hydrogen-bond donors (Lipinski definition) is 2. The number of anilines is 1. The van der Waals surface area contributed by atoms with E-state index in [0.29, 0.717) is 34.3 Å². The van der Waals surface area contributed by atoms with Crippen molar-refractivity contribution >= 4 is 22.6 Å². The predicted octanol–water partition coefficient (Wildman–Crippen LogP) is 2.58. The van der Waals surface area contributed by atoms with Crippen LogP contribution >= 0.6 is 0 Å². The number of benzene rings is 1. The number of esters is 1. The minimum absolute atomic E-state index is 0.0337. The van der Waals surface area contributed by atoms with E-state index >= 15 is 0 Å². The monoisotopic (exact) mass is 320 g/mol. The van der Waals surface area contributed by atoms with Gasteiger partial charge in [-0.1, -0.05) is 6.92 Å². The zero-order valence-corrected chi connectivity index (χ0v) is 13.5. The summed E-state index contributed by atoms with van der Waals surface area (Å²) in [4.78, 5) is 16.2. The number of halogens is 1. The number of aliphatic hydroxyl groups excluding tert-OH is 1. The third kappa shape index (κ3) is 3.76. The Bertz CT molecular complexity index is 715. The van der Waals surface area contributed by atoms with E-state index in [1.165, 1.54) is 19.2 Å². The Morgan fingerprint density at radius 3 is 2.83 bits per heavy atom. The van der Waals surface area contributed by atoms with Crippen molar-refractivity contribution in [2.45, 2.75) is 32.7 Å². The SMILES string of the molecule is CCC(CO)Nc1c(CC(=O)OC)c(C)nc2ccc(F)cc12. The minimum atomic E-state index is -0.397. The molecule has 124 valence electrons. The van der Waals surface area contributed by atoms with E-state index in [2.05, 4.69) is 10.3 Å². The van der Waals surface area contributed by atoms with Gasteiger partial charge < -0.3 is 15.2 Å². The van der Waals surface area contributed by atoms with E-state index in [-0.39, 0.29) is 24.9 Å². The summed E-state index contributed by atoms with van der Waals surface area (Å²) in [6.45, 7) is 3.67.